The number of hydrogen-bond donors (Lipinski definition) is 3. The molecule has 2 amide bonds. The minimum absolute atomic E-state index is 0.128. The van der Waals surface area contributed by atoms with Gasteiger partial charge in [-0.25, -0.2) is 4.98 Å². The average molecular weight is 508 g/mol. The SMILES string of the molecule is CCCOC(C)C(C)(C)O/N=C(\C(=O)N[C@@H]1C(=O)N(OS(=O)(=O)O)C1(C)C)c1csc(N)n1. The Labute approximate surface area is 196 Å². The molecule has 1 aliphatic heterocycles. The number of thiazole rings is 1. The normalized spacial score (nSPS) is 19.7. The Morgan fingerprint density at radius 1 is 1.48 bits per heavy atom. The summed E-state index contributed by atoms with van der Waals surface area (Å²) in [6, 6.07) is -1.17. The first-order chi connectivity index (χ1) is 15.1. The molecule has 1 aromatic rings. The highest BCUT2D eigenvalue weighted by atomic mass is 32.3. The molecule has 0 bridgehead atoms. The molecule has 0 spiro atoms. The van der Waals surface area contributed by atoms with E-state index in [2.05, 4.69) is 19.7 Å². The van der Waals surface area contributed by atoms with Crippen molar-refractivity contribution in [1.82, 2.24) is 15.4 Å². The number of β-lactam (4-membered cyclic amide) rings is 1. The molecule has 186 valence electrons. The molecule has 2 heterocycles. The summed E-state index contributed by atoms with van der Waals surface area (Å²) >= 11 is 1.08. The van der Waals surface area contributed by atoms with E-state index in [0.717, 1.165) is 17.8 Å². The lowest BCUT2D eigenvalue weighted by atomic mass is 9.84. The van der Waals surface area contributed by atoms with Crippen LogP contribution < -0.4 is 11.1 Å². The molecule has 1 unspecified atom stereocenters. The highest BCUT2D eigenvalue weighted by Gasteiger charge is 2.58. The zero-order valence-corrected chi connectivity index (χ0v) is 20.8. The Hall–Kier alpha value is -2.33. The zero-order chi connectivity index (χ0) is 25.2. The van der Waals surface area contributed by atoms with Crippen molar-refractivity contribution in [3.63, 3.8) is 0 Å². The van der Waals surface area contributed by atoms with Crippen molar-refractivity contribution in [1.29, 1.82) is 0 Å². The fraction of sp³-hybridized carbons (Fsp3) is 0.667. The number of hydroxylamine groups is 2. The first-order valence-electron chi connectivity index (χ1n) is 10.0. The Morgan fingerprint density at radius 2 is 2.12 bits per heavy atom. The number of carbonyl (C=O) groups is 2. The second-order valence-corrected chi connectivity index (χ2v) is 10.3. The van der Waals surface area contributed by atoms with Crippen LogP contribution in [0.3, 0.4) is 0 Å². The van der Waals surface area contributed by atoms with Crippen molar-refractivity contribution in [2.75, 3.05) is 12.3 Å². The zero-order valence-electron chi connectivity index (χ0n) is 19.2. The molecule has 0 aliphatic carbocycles. The van der Waals surface area contributed by atoms with E-state index in [1.807, 2.05) is 13.8 Å². The molecule has 13 nitrogen and oxygen atoms in total. The van der Waals surface area contributed by atoms with Crippen LogP contribution in [-0.2, 0) is 33.8 Å². The van der Waals surface area contributed by atoms with E-state index >= 15 is 0 Å². The van der Waals surface area contributed by atoms with Crippen LogP contribution in [-0.4, -0.2) is 70.4 Å². The van der Waals surface area contributed by atoms with Crippen LogP contribution in [0.15, 0.2) is 10.5 Å². The number of ether oxygens (including phenoxy) is 1. The lowest BCUT2D eigenvalue weighted by molar-refractivity contribution is -0.218. The molecule has 1 aromatic heterocycles. The summed E-state index contributed by atoms with van der Waals surface area (Å²) in [6.45, 7) is 10.7. The highest BCUT2D eigenvalue weighted by Crippen LogP contribution is 2.33. The van der Waals surface area contributed by atoms with E-state index in [-0.39, 0.29) is 22.6 Å². The quantitative estimate of drug-likeness (QED) is 0.168. The molecular weight excluding hydrogens is 478 g/mol. The minimum Gasteiger partial charge on any atom is -0.386 e. The van der Waals surface area contributed by atoms with E-state index in [4.69, 9.17) is 19.9 Å². The van der Waals surface area contributed by atoms with Crippen LogP contribution in [0.25, 0.3) is 0 Å². The maximum atomic E-state index is 13.0. The van der Waals surface area contributed by atoms with Crippen molar-refractivity contribution in [3.8, 4) is 0 Å². The van der Waals surface area contributed by atoms with Gasteiger partial charge in [-0.1, -0.05) is 12.1 Å². The van der Waals surface area contributed by atoms with Gasteiger partial charge in [0.1, 0.15) is 11.7 Å². The molecule has 15 heteroatoms. The Balaban J connectivity index is 2.24. The van der Waals surface area contributed by atoms with Gasteiger partial charge in [0.05, 0.1) is 11.6 Å². The molecule has 1 fully saturated rings. The Bertz CT molecular complexity index is 1020. The van der Waals surface area contributed by atoms with Crippen LogP contribution in [0.4, 0.5) is 5.13 Å². The monoisotopic (exact) mass is 507 g/mol. The van der Waals surface area contributed by atoms with Crippen molar-refractivity contribution in [2.45, 2.75) is 71.2 Å². The Kier molecular flexibility index (Phi) is 8.06. The number of rotatable bonds is 11. The lowest BCUT2D eigenvalue weighted by Gasteiger charge is -2.50. The van der Waals surface area contributed by atoms with Crippen LogP contribution in [0.5, 0.6) is 0 Å². The number of nitrogens with two attached hydrogens (primary N) is 1. The molecule has 2 atom stereocenters. The van der Waals surface area contributed by atoms with Crippen molar-refractivity contribution in [2.24, 2.45) is 5.16 Å². The third-order valence-corrected chi connectivity index (χ3v) is 6.04. The van der Waals surface area contributed by atoms with Crippen LogP contribution in [0.2, 0.25) is 0 Å². The van der Waals surface area contributed by atoms with Gasteiger partial charge in [0.25, 0.3) is 11.8 Å². The van der Waals surface area contributed by atoms with Gasteiger partial charge in [-0.2, -0.15) is 13.5 Å². The van der Waals surface area contributed by atoms with E-state index in [1.54, 1.807) is 13.8 Å². The minimum atomic E-state index is -4.92. The largest absolute Gasteiger partial charge is 0.418 e. The number of nitrogens with one attached hydrogen (secondary N) is 1. The van der Waals surface area contributed by atoms with E-state index in [9.17, 15) is 18.0 Å². The summed E-state index contributed by atoms with van der Waals surface area (Å²) in [4.78, 5) is 35.1. The highest BCUT2D eigenvalue weighted by molar-refractivity contribution is 7.80. The summed E-state index contributed by atoms with van der Waals surface area (Å²) < 4.78 is 40.8. The number of aromatic nitrogens is 1. The van der Waals surface area contributed by atoms with Gasteiger partial charge in [-0.3, -0.25) is 14.1 Å². The van der Waals surface area contributed by atoms with Gasteiger partial charge in [0, 0.05) is 12.0 Å². The van der Waals surface area contributed by atoms with Crippen LogP contribution in [0.1, 0.15) is 53.7 Å². The first kappa shape index (κ1) is 26.9. The van der Waals surface area contributed by atoms with Gasteiger partial charge in [-0.15, -0.1) is 15.6 Å². The van der Waals surface area contributed by atoms with Crippen LogP contribution in [0, 0.1) is 0 Å². The third kappa shape index (κ3) is 6.38. The standard InChI is InChI=1S/C18H29N5O8S2/c1-7-8-29-10(2)18(5,6)30-22-12(11-9-32-16(19)20-11)14(24)21-13-15(25)23(17(13,3)4)31-33(26,27)28/h9-10,13H,7-8H2,1-6H3,(H2,19,20)(H,21,24)(H,26,27,28)/b22-12-/t10?,13-/m1/s1. The van der Waals surface area contributed by atoms with Gasteiger partial charge in [0.15, 0.2) is 16.4 Å². The fourth-order valence-corrected chi connectivity index (χ4v) is 3.75. The molecule has 1 aliphatic rings. The lowest BCUT2D eigenvalue weighted by Crippen LogP contribution is -2.76. The summed E-state index contributed by atoms with van der Waals surface area (Å²) in [6.07, 6.45) is 0.461. The van der Waals surface area contributed by atoms with E-state index in [1.165, 1.54) is 19.2 Å². The Morgan fingerprint density at radius 3 is 2.61 bits per heavy atom. The smallest absolute Gasteiger partial charge is 0.386 e. The summed E-state index contributed by atoms with van der Waals surface area (Å²) in [5.74, 6) is -1.69. The molecule has 33 heavy (non-hydrogen) atoms. The number of oxime groups is 1. The summed E-state index contributed by atoms with van der Waals surface area (Å²) in [5.41, 5.74) is 3.37. The van der Waals surface area contributed by atoms with E-state index < -0.39 is 39.4 Å². The average Bonchev–Trinajstić information content (AvgIpc) is 3.13. The van der Waals surface area contributed by atoms with Crippen molar-refractivity contribution >= 4 is 44.4 Å². The van der Waals surface area contributed by atoms with E-state index in [0.29, 0.717) is 11.7 Å². The number of amides is 2. The molecule has 4 N–H and O–H groups in total. The fourth-order valence-electron chi connectivity index (χ4n) is 2.75. The van der Waals surface area contributed by atoms with Crippen molar-refractivity contribution in [3.05, 3.63) is 11.1 Å². The summed E-state index contributed by atoms with van der Waals surface area (Å²) in [7, 11) is -4.92. The second kappa shape index (κ2) is 9.89. The predicted octanol–water partition coefficient (Wildman–Crippen LogP) is 0.880. The number of carbonyl (C=O) groups excluding carboxylic acids is 2. The first-order valence-corrected chi connectivity index (χ1v) is 12.3. The van der Waals surface area contributed by atoms with Gasteiger partial charge >= 0.3 is 10.4 Å². The summed E-state index contributed by atoms with van der Waals surface area (Å²) in [5, 5.41) is 8.62. The molecule has 2 rings (SSSR count). The van der Waals surface area contributed by atoms with Crippen LogP contribution >= 0.6 is 11.3 Å². The van der Waals surface area contributed by atoms with Crippen molar-refractivity contribution < 1.29 is 36.4 Å². The third-order valence-electron chi connectivity index (χ3n) is 5.02. The van der Waals surface area contributed by atoms with Gasteiger partial charge < -0.3 is 20.6 Å². The molecule has 1 saturated heterocycles. The number of anilines is 1. The molecule has 0 radical (unpaired) electrons. The number of nitrogen functional groups attached to an aromatic ring is 1. The van der Waals surface area contributed by atoms with Gasteiger partial charge in [-0.05, 0) is 41.0 Å². The molecule has 0 saturated carbocycles. The van der Waals surface area contributed by atoms with Gasteiger partial charge in [0.2, 0.25) is 0 Å². The maximum Gasteiger partial charge on any atom is 0.418 e. The maximum absolute atomic E-state index is 13.0. The molecule has 0 aromatic carbocycles. The topological polar surface area (TPSA) is 183 Å². The molecular formula is C18H29N5O8S2. The number of nitrogens with zero attached hydrogens (tertiary/aromatic N) is 3. The second-order valence-electron chi connectivity index (χ2n) is 8.41. The number of hydrogen-bond acceptors (Lipinski definition) is 11. The predicted molar refractivity (Wildman–Crippen MR) is 119 cm³/mol.